The molecule has 1 rings (SSSR count). The van der Waals surface area contributed by atoms with Gasteiger partial charge in [-0.05, 0) is 41.8 Å². The molecule has 1 amide bonds. The summed E-state index contributed by atoms with van der Waals surface area (Å²) in [6.45, 7) is 12.1. The summed E-state index contributed by atoms with van der Waals surface area (Å²) < 4.78 is 0. The predicted molar refractivity (Wildman–Crippen MR) is 83.3 cm³/mol. The van der Waals surface area contributed by atoms with Crippen LogP contribution in [0.5, 0.6) is 0 Å². The Balaban J connectivity index is 2.77. The van der Waals surface area contributed by atoms with Gasteiger partial charge in [-0.15, -0.1) is 11.3 Å². The molecule has 0 bridgehead atoms. The van der Waals surface area contributed by atoms with Gasteiger partial charge in [-0.2, -0.15) is 0 Å². The SMILES string of the molecule is Cc1ccsc1CN(CC(C)C)C(=O)/C=C/C(C)C. The maximum absolute atomic E-state index is 12.3. The number of aryl methyl sites for hydroxylation is 1. The first kappa shape index (κ1) is 16.0. The van der Waals surface area contributed by atoms with Crippen LogP contribution in [0.2, 0.25) is 0 Å². The highest BCUT2D eigenvalue weighted by Gasteiger charge is 2.14. The fourth-order valence-electron chi connectivity index (χ4n) is 1.79. The average Bonchev–Trinajstić information content (AvgIpc) is 2.70. The van der Waals surface area contributed by atoms with Crippen LogP contribution in [0.15, 0.2) is 23.6 Å². The molecule has 0 aromatic carbocycles. The Hall–Kier alpha value is -1.09. The molecule has 0 atom stereocenters. The second-order valence-electron chi connectivity index (χ2n) is 5.74. The third-order valence-corrected chi connectivity index (χ3v) is 3.83. The molecule has 0 radical (unpaired) electrons. The molecule has 1 aromatic rings. The van der Waals surface area contributed by atoms with Crippen molar-refractivity contribution in [1.29, 1.82) is 0 Å². The zero-order chi connectivity index (χ0) is 14.4. The highest BCUT2D eigenvalue weighted by atomic mass is 32.1. The van der Waals surface area contributed by atoms with Gasteiger partial charge in [0.15, 0.2) is 0 Å². The van der Waals surface area contributed by atoms with Crippen molar-refractivity contribution < 1.29 is 4.79 Å². The smallest absolute Gasteiger partial charge is 0.246 e. The first-order valence-electron chi connectivity index (χ1n) is 6.90. The summed E-state index contributed by atoms with van der Waals surface area (Å²) in [4.78, 5) is 15.5. The molecule has 2 nitrogen and oxygen atoms in total. The molecule has 3 heteroatoms. The lowest BCUT2D eigenvalue weighted by atomic mass is 10.1. The first-order valence-corrected chi connectivity index (χ1v) is 7.78. The normalized spacial score (nSPS) is 11.7. The summed E-state index contributed by atoms with van der Waals surface area (Å²) in [5, 5.41) is 2.09. The van der Waals surface area contributed by atoms with E-state index in [0.717, 1.165) is 13.1 Å². The fourth-order valence-corrected chi connectivity index (χ4v) is 2.71. The highest BCUT2D eigenvalue weighted by molar-refractivity contribution is 7.10. The minimum atomic E-state index is 0.121. The number of rotatable bonds is 6. The Morgan fingerprint density at radius 3 is 2.53 bits per heavy atom. The maximum atomic E-state index is 12.3. The van der Waals surface area contributed by atoms with Crippen LogP contribution in [-0.4, -0.2) is 17.4 Å². The second kappa shape index (κ2) is 7.49. The lowest BCUT2D eigenvalue weighted by molar-refractivity contribution is -0.127. The van der Waals surface area contributed by atoms with Gasteiger partial charge in [0.05, 0.1) is 6.54 Å². The van der Waals surface area contributed by atoms with Crippen LogP contribution in [0, 0.1) is 18.8 Å². The number of nitrogens with zero attached hydrogens (tertiary/aromatic N) is 1. The van der Waals surface area contributed by atoms with E-state index in [1.165, 1.54) is 10.4 Å². The van der Waals surface area contributed by atoms with Crippen molar-refractivity contribution in [2.75, 3.05) is 6.54 Å². The predicted octanol–water partition coefficient (Wildman–Crippen LogP) is 4.25. The Morgan fingerprint density at radius 1 is 1.37 bits per heavy atom. The highest BCUT2D eigenvalue weighted by Crippen LogP contribution is 2.19. The monoisotopic (exact) mass is 279 g/mol. The van der Waals surface area contributed by atoms with Gasteiger partial charge < -0.3 is 4.90 Å². The fraction of sp³-hybridized carbons (Fsp3) is 0.562. The van der Waals surface area contributed by atoms with Crippen molar-refractivity contribution in [3.63, 3.8) is 0 Å². The van der Waals surface area contributed by atoms with Gasteiger partial charge in [0.1, 0.15) is 0 Å². The molecule has 1 heterocycles. The molecule has 0 aliphatic heterocycles. The van der Waals surface area contributed by atoms with E-state index in [9.17, 15) is 4.79 Å². The maximum Gasteiger partial charge on any atom is 0.246 e. The molecule has 0 spiro atoms. The van der Waals surface area contributed by atoms with Crippen molar-refractivity contribution in [2.24, 2.45) is 11.8 Å². The standard InChI is InChI=1S/C16H25NOS/c1-12(2)6-7-16(18)17(10-13(3)4)11-15-14(5)8-9-19-15/h6-9,12-13H,10-11H2,1-5H3/b7-6+. The van der Waals surface area contributed by atoms with Crippen molar-refractivity contribution in [3.05, 3.63) is 34.0 Å². The van der Waals surface area contributed by atoms with E-state index in [-0.39, 0.29) is 5.91 Å². The summed E-state index contributed by atoms with van der Waals surface area (Å²) in [7, 11) is 0. The van der Waals surface area contributed by atoms with Crippen LogP contribution in [0.1, 0.15) is 38.1 Å². The van der Waals surface area contributed by atoms with Crippen LogP contribution in [0.3, 0.4) is 0 Å². The molecule has 106 valence electrons. The largest absolute Gasteiger partial charge is 0.334 e. The number of allylic oxidation sites excluding steroid dienone is 1. The molecule has 0 N–H and O–H groups in total. The summed E-state index contributed by atoms with van der Waals surface area (Å²) in [5.41, 5.74) is 1.28. The number of hydrogen-bond donors (Lipinski definition) is 0. The van der Waals surface area contributed by atoms with Gasteiger partial charge in [0, 0.05) is 11.4 Å². The third kappa shape index (κ3) is 5.60. The molecule has 0 saturated heterocycles. The molecule has 0 aliphatic rings. The third-order valence-electron chi connectivity index (χ3n) is 2.82. The lowest BCUT2D eigenvalue weighted by Gasteiger charge is -2.23. The molecule has 0 saturated carbocycles. The van der Waals surface area contributed by atoms with Crippen LogP contribution < -0.4 is 0 Å². The number of hydrogen-bond acceptors (Lipinski definition) is 2. The summed E-state index contributed by atoms with van der Waals surface area (Å²) in [5.74, 6) is 1.01. The molecule has 0 fully saturated rings. The number of carbonyl (C=O) groups is 1. The Kier molecular flexibility index (Phi) is 6.29. The van der Waals surface area contributed by atoms with E-state index >= 15 is 0 Å². The minimum Gasteiger partial charge on any atom is -0.334 e. The van der Waals surface area contributed by atoms with E-state index in [1.54, 1.807) is 17.4 Å². The molecular formula is C16H25NOS. The minimum absolute atomic E-state index is 0.121. The molecular weight excluding hydrogens is 254 g/mol. The lowest BCUT2D eigenvalue weighted by Crippen LogP contribution is -2.32. The van der Waals surface area contributed by atoms with E-state index in [0.29, 0.717) is 11.8 Å². The molecule has 0 unspecified atom stereocenters. The number of carbonyl (C=O) groups excluding carboxylic acids is 1. The van der Waals surface area contributed by atoms with E-state index in [4.69, 9.17) is 0 Å². The van der Waals surface area contributed by atoms with Gasteiger partial charge in [0.2, 0.25) is 5.91 Å². The zero-order valence-electron chi connectivity index (χ0n) is 12.6. The van der Waals surface area contributed by atoms with E-state index in [2.05, 4.69) is 46.1 Å². The van der Waals surface area contributed by atoms with Crippen molar-refractivity contribution >= 4 is 17.2 Å². The quantitative estimate of drug-likeness (QED) is 0.713. The Morgan fingerprint density at radius 2 is 2.05 bits per heavy atom. The van der Waals surface area contributed by atoms with Gasteiger partial charge in [-0.3, -0.25) is 4.79 Å². The molecule has 19 heavy (non-hydrogen) atoms. The van der Waals surface area contributed by atoms with Gasteiger partial charge >= 0.3 is 0 Å². The van der Waals surface area contributed by atoms with E-state index in [1.807, 2.05) is 11.0 Å². The van der Waals surface area contributed by atoms with Crippen LogP contribution in [0.25, 0.3) is 0 Å². The summed E-state index contributed by atoms with van der Waals surface area (Å²) >= 11 is 1.73. The van der Waals surface area contributed by atoms with Crippen molar-refractivity contribution in [3.8, 4) is 0 Å². The number of thiophene rings is 1. The topological polar surface area (TPSA) is 20.3 Å². The van der Waals surface area contributed by atoms with Crippen molar-refractivity contribution in [1.82, 2.24) is 4.90 Å². The van der Waals surface area contributed by atoms with Crippen molar-refractivity contribution in [2.45, 2.75) is 41.2 Å². The zero-order valence-corrected chi connectivity index (χ0v) is 13.5. The Labute approximate surface area is 121 Å². The molecule has 0 aliphatic carbocycles. The van der Waals surface area contributed by atoms with Crippen LogP contribution >= 0.6 is 11.3 Å². The summed E-state index contributed by atoms with van der Waals surface area (Å²) in [6, 6.07) is 2.11. The van der Waals surface area contributed by atoms with Gasteiger partial charge in [-0.25, -0.2) is 0 Å². The Bertz CT molecular complexity index is 432. The van der Waals surface area contributed by atoms with Gasteiger partial charge in [-0.1, -0.05) is 33.8 Å². The summed E-state index contributed by atoms with van der Waals surface area (Å²) in [6.07, 6.45) is 3.69. The van der Waals surface area contributed by atoms with Gasteiger partial charge in [0.25, 0.3) is 0 Å². The van der Waals surface area contributed by atoms with E-state index < -0.39 is 0 Å². The number of amides is 1. The van der Waals surface area contributed by atoms with Crippen LogP contribution in [0.4, 0.5) is 0 Å². The van der Waals surface area contributed by atoms with Crippen LogP contribution in [-0.2, 0) is 11.3 Å². The first-order chi connectivity index (χ1) is 8.90. The second-order valence-corrected chi connectivity index (χ2v) is 6.74. The average molecular weight is 279 g/mol. The molecule has 1 aromatic heterocycles.